The number of benzene rings is 2. The SMILES string of the molecule is COc1ccc2[nH]c(C)c(CC(=O)N3CC=C4C(C)(C)C(c5ccc(C(=O)O)cc5)=CC[C@]4(C)C3)c2c1. The quantitative estimate of drug-likeness (QED) is 0.422. The maximum absolute atomic E-state index is 13.6. The highest BCUT2D eigenvalue weighted by Gasteiger charge is 2.46. The van der Waals surface area contributed by atoms with Crippen molar-refractivity contribution in [3.8, 4) is 5.75 Å². The maximum atomic E-state index is 13.6. The Hall–Kier alpha value is -3.80. The third kappa shape index (κ3) is 4.24. The molecule has 2 heterocycles. The normalized spacial score (nSPS) is 20.7. The molecule has 37 heavy (non-hydrogen) atoms. The molecule has 0 unspecified atom stereocenters. The van der Waals surface area contributed by atoms with Crippen molar-refractivity contribution in [2.45, 2.75) is 40.5 Å². The van der Waals surface area contributed by atoms with E-state index in [1.54, 1.807) is 19.2 Å². The number of carbonyl (C=O) groups is 2. The molecule has 1 atom stereocenters. The summed E-state index contributed by atoms with van der Waals surface area (Å²) in [6, 6.07) is 13.1. The van der Waals surface area contributed by atoms with Crippen LogP contribution in [0.1, 0.15) is 54.4 Å². The molecule has 6 heteroatoms. The van der Waals surface area contributed by atoms with Gasteiger partial charge in [0.15, 0.2) is 0 Å². The molecule has 0 saturated heterocycles. The minimum Gasteiger partial charge on any atom is -0.497 e. The molecule has 0 bridgehead atoms. The summed E-state index contributed by atoms with van der Waals surface area (Å²) in [5.41, 5.74) is 6.55. The van der Waals surface area contributed by atoms with Gasteiger partial charge in [-0.3, -0.25) is 4.79 Å². The molecule has 0 radical (unpaired) electrons. The Morgan fingerprint density at radius 3 is 2.49 bits per heavy atom. The molecule has 1 aromatic heterocycles. The number of aromatic carboxylic acids is 1. The molecule has 0 saturated carbocycles. The molecule has 1 aliphatic heterocycles. The van der Waals surface area contributed by atoms with Gasteiger partial charge in [-0.15, -0.1) is 0 Å². The average molecular weight is 499 g/mol. The van der Waals surface area contributed by atoms with Crippen molar-refractivity contribution in [1.29, 1.82) is 0 Å². The number of carboxylic acid groups (broad SMARTS) is 1. The highest BCUT2D eigenvalue weighted by molar-refractivity contribution is 5.91. The number of aromatic amines is 1. The van der Waals surface area contributed by atoms with Crippen molar-refractivity contribution in [3.63, 3.8) is 0 Å². The van der Waals surface area contributed by atoms with Gasteiger partial charge in [0.1, 0.15) is 5.75 Å². The number of amides is 1. The summed E-state index contributed by atoms with van der Waals surface area (Å²) in [6.07, 6.45) is 5.69. The molecule has 2 aliphatic rings. The number of ether oxygens (including phenoxy) is 1. The van der Waals surface area contributed by atoms with Crippen LogP contribution >= 0.6 is 0 Å². The molecule has 192 valence electrons. The van der Waals surface area contributed by atoms with Crippen LogP contribution < -0.4 is 4.74 Å². The van der Waals surface area contributed by atoms with E-state index in [2.05, 4.69) is 37.9 Å². The average Bonchev–Trinajstić information content (AvgIpc) is 3.17. The molecular formula is C31H34N2O4. The van der Waals surface area contributed by atoms with Crippen LogP contribution in [0.15, 0.2) is 60.2 Å². The number of hydrogen-bond donors (Lipinski definition) is 2. The highest BCUT2D eigenvalue weighted by Crippen LogP contribution is 2.55. The second-order valence-electron chi connectivity index (χ2n) is 11.1. The fourth-order valence-electron chi connectivity index (χ4n) is 6.37. The number of hydrogen-bond acceptors (Lipinski definition) is 3. The van der Waals surface area contributed by atoms with Crippen LogP contribution in [-0.2, 0) is 11.2 Å². The van der Waals surface area contributed by atoms with Gasteiger partial charge < -0.3 is 19.7 Å². The first-order valence-electron chi connectivity index (χ1n) is 12.7. The first kappa shape index (κ1) is 24.9. The Morgan fingerprint density at radius 2 is 1.81 bits per heavy atom. The third-order valence-electron chi connectivity index (χ3n) is 8.26. The van der Waals surface area contributed by atoms with Gasteiger partial charge in [-0.05, 0) is 60.4 Å². The van der Waals surface area contributed by atoms with E-state index in [1.807, 2.05) is 42.2 Å². The second-order valence-corrected chi connectivity index (χ2v) is 11.1. The predicted molar refractivity (Wildman–Crippen MR) is 146 cm³/mol. The fourth-order valence-corrected chi connectivity index (χ4v) is 6.37. The Balaban J connectivity index is 1.39. The molecule has 0 fully saturated rings. The standard InChI is InChI=1S/C31H34N2O4/c1-19-23(24-16-22(37-5)10-11-26(24)32-19)17-28(34)33-15-13-27-30(2,3)25(12-14-31(27,4)18-33)20-6-8-21(9-7-20)29(35)36/h6-13,16,32H,14-15,17-18H2,1-5H3,(H,35,36)/t31-/m1/s1. The number of H-pyrrole nitrogens is 1. The number of aryl methyl sites for hydroxylation is 1. The second kappa shape index (κ2) is 8.94. The van der Waals surface area contributed by atoms with Gasteiger partial charge in [0, 0.05) is 40.5 Å². The van der Waals surface area contributed by atoms with Crippen molar-refractivity contribution < 1.29 is 19.4 Å². The number of nitrogens with one attached hydrogen (secondary N) is 1. The van der Waals surface area contributed by atoms with Crippen LogP contribution in [0.25, 0.3) is 16.5 Å². The van der Waals surface area contributed by atoms with Crippen LogP contribution in [-0.4, -0.2) is 47.1 Å². The zero-order valence-electron chi connectivity index (χ0n) is 22.1. The van der Waals surface area contributed by atoms with Gasteiger partial charge in [0.05, 0.1) is 19.1 Å². The van der Waals surface area contributed by atoms with Crippen molar-refractivity contribution in [3.05, 3.63) is 82.6 Å². The van der Waals surface area contributed by atoms with E-state index in [0.29, 0.717) is 19.5 Å². The summed E-state index contributed by atoms with van der Waals surface area (Å²) in [7, 11) is 1.65. The molecule has 2 N–H and O–H groups in total. The minimum atomic E-state index is -0.919. The van der Waals surface area contributed by atoms with Crippen molar-refractivity contribution in [1.82, 2.24) is 9.88 Å². The Bertz CT molecular complexity index is 1460. The van der Waals surface area contributed by atoms with Crippen LogP contribution in [0.5, 0.6) is 5.75 Å². The summed E-state index contributed by atoms with van der Waals surface area (Å²) in [6.45, 7) is 9.99. The van der Waals surface area contributed by atoms with Gasteiger partial charge in [-0.1, -0.05) is 50.6 Å². The topological polar surface area (TPSA) is 82.6 Å². The minimum absolute atomic E-state index is 0.125. The lowest BCUT2D eigenvalue weighted by Crippen LogP contribution is -2.49. The summed E-state index contributed by atoms with van der Waals surface area (Å²) in [5.74, 6) is -0.0132. The van der Waals surface area contributed by atoms with Crippen LogP contribution in [0.3, 0.4) is 0 Å². The van der Waals surface area contributed by atoms with E-state index in [0.717, 1.165) is 39.9 Å². The monoisotopic (exact) mass is 498 g/mol. The number of nitrogens with zero attached hydrogens (tertiary/aromatic N) is 1. The van der Waals surface area contributed by atoms with Gasteiger partial charge in [0.25, 0.3) is 0 Å². The number of rotatable bonds is 5. The largest absolute Gasteiger partial charge is 0.497 e. The Kier molecular flexibility index (Phi) is 6.01. The summed E-state index contributed by atoms with van der Waals surface area (Å²) < 4.78 is 5.41. The first-order chi connectivity index (χ1) is 17.5. The number of carbonyl (C=O) groups excluding carboxylic acids is 1. The molecule has 1 amide bonds. The van der Waals surface area contributed by atoms with E-state index in [9.17, 15) is 14.7 Å². The number of fused-ring (bicyclic) bond motifs is 2. The van der Waals surface area contributed by atoms with E-state index < -0.39 is 5.97 Å². The number of allylic oxidation sites excluding steroid dienone is 2. The predicted octanol–water partition coefficient (Wildman–Crippen LogP) is 6.01. The lowest BCUT2D eigenvalue weighted by atomic mass is 9.58. The van der Waals surface area contributed by atoms with Crippen molar-refractivity contribution in [2.24, 2.45) is 10.8 Å². The lowest BCUT2D eigenvalue weighted by molar-refractivity contribution is -0.131. The lowest BCUT2D eigenvalue weighted by Gasteiger charge is -2.50. The van der Waals surface area contributed by atoms with Gasteiger partial charge in [-0.2, -0.15) is 0 Å². The smallest absolute Gasteiger partial charge is 0.335 e. The van der Waals surface area contributed by atoms with Gasteiger partial charge in [0.2, 0.25) is 5.91 Å². The van der Waals surface area contributed by atoms with E-state index in [1.165, 1.54) is 11.1 Å². The summed E-state index contributed by atoms with van der Waals surface area (Å²) in [5, 5.41) is 10.3. The maximum Gasteiger partial charge on any atom is 0.335 e. The van der Waals surface area contributed by atoms with Crippen LogP contribution in [0.2, 0.25) is 0 Å². The highest BCUT2D eigenvalue weighted by atomic mass is 16.5. The van der Waals surface area contributed by atoms with E-state index >= 15 is 0 Å². The molecule has 2 aromatic carbocycles. The third-order valence-corrected chi connectivity index (χ3v) is 8.26. The van der Waals surface area contributed by atoms with Crippen LogP contribution in [0.4, 0.5) is 0 Å². The fraction of sp³-hybridized carbons (Fsp3) is 0.355. The summed E-state index contributed by atoms with van der Waals surface area (Å²) >= 11 is 0. The van der Waals surface area contributed by atoms with Gasteiger partial charge >= 0.3 is 5.97 Å². The molecule has 0 spiro atoms. The molecule has 6 nitrogen and oxygen atoms in total. The summed E-state index contributed by atoms with van der Waals surface area (Å²) in [4.78, 5) is 30.2. The van der Waals surface area contributed by atoms with E-state index in [-0.39, 0.29) is 22.3 Å². The van der Waals surface area contributed by atoms with Crippen molar-refractivity contribution >= 4 is 28.4 Å². The van der Waals surface area contributed by atoms with Crippen LogP contribution in [0, 0.1) is 17.8 Å². The Labute approximate surface area is 217 Å². The zero-order chi connectivity index (χ0) is 26.5. The Morgan fingerprint density at radius 1 is 1.08 bits per heavy atom. The first-order valence-corrected chi connectivity index (χ1v) is 12.7. The van der Waals surface area contributed by atoms with E-state index in [4.69, 9.17) is 4.74 Å². The van der Waals surface area contributed by atoms with Crippen molar-refractivity contribution in [2.75, 3.05) is 20.2 Å². The van der Waals surface area contributed by atoms with Gasteiger partial charge in [-0.25, -0.2) is 4.79 Å². The number of aromatic nitrogens is 1. The molecule has 1 aliphatic carbocycles. The zero-order valence-corrected chi connectivity index (χ0v) is 22.1. The number of methoxy groups -OCH3 is 1. The number of carboxylic acids is 1. The molecule has 3 aromatic rings. The molecular weight excluding hydrogens is 464 g/mol. The molecule has 5 rings (SSSR count).